The molecule has 1 aromatic heterocycles. The normalized spacial score (nSPS) is 18.7. The molecule has 3 aromatic rings. The zero-order valence-electron chi connectivity index (χ0n) is 15.7. The number of para-hydroxylation sites is 1. The Kier molecular flexibility index (Phi) is 5.07. The maximum atomic E-state index is 13.9. The van der Waals surface area contributed by atoms with E-state index in [0.29, 0.717) is 29.3 Å². The second-order valence-corrected chi connectivity index (χ2v) is 7.19. The lowest BCUT2D eigenvalue weighted by Crippen LogP contribution is -2.48. The number of rotatable bonds is 4. The van der Waals surface area contributed by atoms with E-state index in [1.54, 1.807) is 24.3 Å². The quantitative estimate of drug-likeness (QED) is 0.631. The third kappa shape index (κ3) is 3.68. The van der Waals surface area contributed by atoms with Crippen LogP contribution < -0.4 is 10.3 Å². The summed E-state index contributed by atoms with van der Waals surface area (Å²) in [7, 11) is 0. The largest absolute Gasteiger partial charge is 0.493 e. The van der Waals surface area contributed by atoms with Gasteiger partial charge in [0.05, 0.1) is 23.9 Å². The zero-order valence-corrected chi connectivity index (χ0v) is 15.7. The van der Waals surface area contributed by atoms with Gasteiger partial charge in [0.2, 0.25) is 0 Å². The molecule has 1 aliphatic heterocycles. The molecule has 0 fully saturated rings. The molecule has 2 heterocycles. The first-order valence-corrected chi connectivity index (χ1v) is 9.31. The Bertz CT molecular complexity index is 1160. The zero-order chi connectivity index (χ0) is 21.4. The predicted octanol–water partition coefficient (Wildman–Crippen LogP) is 3.88. The van der Waals surface area contributed by atoms with Crippen LogP contribution in [-0.4, -0.2) is 39.9 Å². The molecular formula is C21H18F3N3O3. The second kappa shape index (κ2) is 7.56. The van der Waals surface area contributed by atoms with Gasteiger partial charge in [0.25, 0.3) is 5.56 Å². The van der Waals surface area contributed by atoms with E-state index in [0.717, 1.165) is 0 Å². The molecule has 2 N–H and O–H groups in total. The van der Waals surface area contributed by atoms with Gasteiger partial charge in [-0.3, -0.25) is 9.79 Å². The molecular weight excluding hydrogens is 399 g/mol. The number of hydrogen-bond donors (Lipinski definition) is 2. The van der Waals surface area contributed by atoms with Crippen LogP contribution in [0.1, 0.15) is 24.3 Å². The number of aliphatic hydroxyl groups is 1. The van der Waals surface area contributed by atoms with E-state index in [1.807, 2.05) is 0 Å². The van der Waals surface area contributed by atoms with Crippen LogP contribution in [0.15, 0.2) is 58.4 Å². The van der Waals surface area contributed by atoms with Gasteiger partial charge >= 0.3 is 6.18 Å². The van der Waals surface area contributed by atoms with Gasteiger partial charge in [-0.1, -0.05) is 24.3 Å². The molecule has 9 heteroatoms. The van der Waals surface area contributed by atoms with Crippen molar-refractivity contribution in [3.8, 4) is 5.75 Å². The van der Waals surface area contributed by atoms with Crippen molar-refractivity contribution in [3.63, 3.8) is 0 Å². The van der Waals surface area contributed by atoms with Crippen LogP contribution in [0.4, 0.5) is 18.9 Å². The highest BCUT2D eigenvalue weighted by molar-refractivity contribution is 5.93. The van der Waals surface area contributed by atoms with Crippen molar-refractivity contribution >= 4 is 22.7 Å². The van der Waals surface area contributed by atoms with Gasteiger partial charge in [-0.25, -0.2) is 5.10 Å². The molecule has 2 atom stereocenters. The summed E-state index contributed by atoms with van der Waals surface area (Å²) in [6.45, 7) is 0.268. The Morgan fingerprint density at radius 3 is 2.80 bits per heavy atom. The van der Waals surface area contributed by atoms with Crippen molar-refractivity contribution in [3.05, 3.63) is 64.6 Å². The molecule has 6 nitrogen and oxygen atoms in total. The Balaban J connectivity index is 1.71. The van der Waals surface area contributed by atoms with Crippen molar-refractivity contribution in [2.45, 2.75) is 30.5 Å². The summed E-state index contributed by atoms with van der Waals surface area (Å²) in [6.07, 6.45) is -3.36. The Morgan fingerprint density at radius 1 is 1.20 bits per heavy atom. The predicted molar refractivity (Wildman–Crippen MR) is 105 cm³/mol. The molecule has 0 bridgehead atoms. The fourth-order valence-electron chi connectivity index (χ4n) is 3.64. The fourth-order valence-corrected chi connectivity index (χ4v) is 3.64. The standard InChI is InChI=1S/C21H18F3N3O3/c22-21(23,24)20(29,10-13-8-9-30-18-7-2-1-4-14(13)18)12-25-17-6-3-5-15-16(17)11-26-27-19(15)28/h1-7,11-13,29H,8-10H2,(H,27,28)/b25-12-. The van der Waals surface area contributed by atoms with Gasteiger partial charge in [-0.15, -0.1) is 0 Å². The van der Waals surface area contributed by atoms with Gasteiger partial charge in [-0.05, 0) is 42.5 Å². The van der Waals surface area contributed by atoms with E-state index < -0.39 is 29.7 Å². The Labute approximate surface area is 169 Å². The number of alkyl halides is 3. The van der Waals surface area contributed by atoms with Gasteiger partial charge in [0.1, 0.15) is 5.75 Å². The number of H-pyrrole nitrogens is 1. The highest BCUT2D eigenvalue weighted by Gasteiger charge is 2.54. The van der Waals surface area contributed by atoms with E-state index in [-0.39, 0.29) is 17.7 Å². The minimum Gasteiger partial charge on any atom is -0.493 e. The van der Waals surface area contributed by atoms with Crippen molar-refractivity contribution in [2.24, 2.45) is 4.99 Å². The Morgan fingerprint density at radius 2 is 2.00 bits per heavy atom. The minimum absolute atomic E-state index is 0.112. The van der Waals surface area contributed by atoms with Crippen LogP contribution in [0, 0.1) is 0 Å². The first-order valence-electron chi connectivity index (χ1n) is 9.31. The molecule has 30 heavy (non-hydrogen) atoms. The maximum absolute atomic E-state index is 13.9. The number of fused-ring (bicyclic) bond motifs is 2. The van der Waals surface area contributed by atoms with Crippen LogP contribution >= 0.6 is 0 Å². The van der Waals surface area contributed by atoms with Crippen molar-refractivity contribution in [1.82, 2.24) is 10.2 Å². The van der Waals surface area contributed by atoms with Crippen LogP contribution in [-0.2, 0) is 0 Å². The molecule has 0 saturated carbocycles. The van der Waals surface area contributed by atoms with Crippen molar-refractivity contribution in [2.75, 3.05) is 6.61 Å². The van der Waals surface area contributed by atoms with Crippen LogP contribution in [0.5, 0.6) is 5.75 Å². The molecule has 4 rings (SSSR count). The van der Waals surface area contributed by atoms with E-state index >= 15 is 0 Å². The Hall–Kier alpha value is -3.20. The van der Waals surface area contributed by atoms with Gasteiger partial charge in [-0.2, -0.15) is 18.3 Å². The van der Waals surface area contributed by atoms with E-state index in [9.17, 15) is 23.1 Å². The number of aromatic nitrogens is 2. The summed E-state index contributed by atoms with van der Waals surface area (Å²) in [5.41, 5.74) is -2.89. The summed E-state index contributed by atoms with van der Waals surface area (Å²) in [5, 5.41) is 17.1. The topological polar surface area (TPSA) is 87.6 Å². The van der Waals surface area contributed by atoms with Crippen LogP contribution in [0.3, 0.4) is 0 Å². The molecule has 156 valence electrons. The average molecular weight is 417 g/mol. The summed E-state index contributed by atoms with van der Waals surface area (Å²) in [5.74, 6) is -0.0281. The van der Waals surface area contributed by atoms with Gasteiger partial charge < -0.3 is 9.84 Å². The lowest BCUT2D eigenvalue weighted by Gasteiger charge is -2.33. The monoisotopic (exact) mass is 417 g/mol. The number of benzene rings is 2. The summed E-state index contributed by atoms with van der Waals surface area (Å²) < 4.78 is 47.1. The maximum Gasteiger partial charge on any atom is 0.422 e. The lowest BCUT2D eigenvalue weighted by molar-refractivity contribution is -0.232. The number of nitrogens with one attached hydrogen (secondary N) is 1. The molecule has 2 aromatic carbocycles. The van der Waals surface area contributed by atoms with Crippen molar-refractivity contribution in [1.29, 1.82) is 0 Å². The number of ether oxygens (including phenoxy) is 1. The van der Waals surface area contributed by atoms with E-state index in [2.05, 4.69) is 15.2 Å². The third-order valence-electron chi connectivity index (χ3n) is 5.24. The first-order chi connectivity index (χ1) is 14.3. The minimum atomic E-state index is -4.94. The third-order valence-corrected chi connectivity index (χ3v) is 5.24. The molecule has 1 aliphatic rings. The van der Waals surface area contributed by atoms with Gasteiger partial charge in [0, 0.05) is 11.6 Å². The second-order valence-electron chi connectivity index (χ2n) is 7.19. The molecule has 2 unspecified atom stereocenters. The number of nitrogens with zero attached hydrogens (tertiary/aromatic N) is 2. The number of aromatic amines is 1. The van der Waals surface area contributed by atoms with E-state index in [4.69, 9.17) is 4.74 Å². The smallest absolute Gasteiger partial charge is 0.422 e. The fraction of sp³-hybridized carbons (Fsp3) is 0.286. The number of aliphatic imine (C=N–C) groups is 1. The average Bonchev–Trinajstić information content (AvgIpc) is 2.72. The van der Waals surface area contributed by atoms with Gasteiger partial charge in [0.15, 0.2) is 5.60 Å². The molecule has 0 saturated heterocycles. The number of hydrogen-bond acceptors (Lipinski definition) is 5. The summed E-state index contributed by atoms with van der Waals surface area (Å²) >= 11 is 0. The molecule has 0 radical (unpaired) electrons. The van der Waals surface area contributed by atoms with E-state index in [1.165, 1.54) is 24.4 Å². The summed E-state index contributed by atoms with van der Waals surface area (Å²) in [4.78, 5) is 15.8. The highest BCUT2D eigenvalue weighted by Crippen LogP contribution is 2.43. The van der Waals surface area contributed by atoms with Crippen molar-refractivity contribution < 1.29 is 23.0 Å². The molecule has 0 amide bonds. The van der Waals surface area contributed by atoms with Crippen LogP contribution in [0.25, 0.3) is 10.8 Å². The lowest BCUT2D eigenvalue weighted by atomic mass is 9.82. The summed E-state index contributed by atoms with van der Waals surface area (Å²) in [6, 6.07) is 11.4. The molecule has 0 spiro atoms. The van der Waals surface area contributed by atoms with Crippen LogP contribution in [0.2, 0.25) is 0 Å². The SMILES string of the molecule is O=c1[nH]ncc2c(/N=C\C(O)(CC3CCOc4ccccc43)C(F)(F)F)cccc12. The highest BCUT2D eigenvalue weighted by atomic mass is 19.4. The molecule has 0 aliphatic carbocycles. The number of halogens is 3. The first kappa shape index (κ1) is 20.1.